The van der Waals surface area contributed by atoms with E-state index in [9.17, 15) is 8.42 Å². The molecule has 1 rings (SSSR count). The van der Waals surface area contributed by atoms with Crippen LogP contribution >= 0.6 is 27.3 Å². The zero-order valence-electron chi connectivity index (χ0n) is 10.8. The van der Waals surface area contributed by atoms with Crippen molar-refractivity contribution in [3.8, 4) is 0 Å². The van der Waals surface area contributed by atoms with E-state index in [0.29, 0.717) is 30.5 Å². The van der Waals surface area contributed by atoms with E-state index in [1.807, 2.05) is 20.8 Å². The van der Waals surface area contributed by atoms with Gasteiger partial charge in [-0.3, -0.25) is 0 Å². The fourth-order valence-corrected chi connectivity index (χ4v) is 5.26. The quantitative estimate of drug-likeness (QED) is 0.706. The fraction of sp³-hybridized carbons (Fsp3) is 0.636. The summed E-state index contributed by atoms with van der Waals surface area (Å²) in [6, 6.07) is 1.70. The van der Waals surface area contributed by atoms with Gasteiger partial charge in [0.2, 0.25) is 0 Å². The second-order valence-electron chi connectivity index (χ2n) is 3.72. The molecule has 0 saturated carbocycles. The van der Waals surface area contributed by atoms with Crippen LogP contribution in [-0.2, 0) is 14.8 Å². The number of ether oxygens (including phenoxy) is 1. The molecule has 0 N–H and O–H groups in total. The number of sulfonamides is 1. The summed E-state index contributed by atoms with van der Waals surface area (Å²) in [5, 5.41) is 0. The highest BCUT2D eigenvalue weighted by Crippen LogP contribution is 2.32. The molecule has 0 saturated heterocycles. The monoisotopic (exact) mass is 355 g/mol. The van der Waals surface area contributed by atoms with E-state index in [1.165, 1.54) is 15.6 Å². The molecule has 0 spiro atoms. The number of aryl methyl sites for hydroxylation is 1. The minimum atomic E-state index is -3.39. The summed E-state index contributed by atoms with van der Waals surface area (Å²) in [5.41, 5.74) is 0.944. The molecule has 7 heteroatoms. The van der Waals surface area contributed by atoms with Crippen molar-refractivity contribution in [2.45, 2.75) is 25.0 Å². The average Bonchev–Trinajstić information content (AvgIpc) is 2.66. The minimum Gasteiger partial charge on any atom is -0.380 e. The van der Waals surface area contributed by atoms with E-state index in [2.05, 4.69) is 15.9 Å². The Balaban J connectivity index is 2.89. The molecule has 0 amide bonds. The van der Waals surface area contributed by atoms with Crippen LogP contribution in [0.25, 0.3) is 0 Å². The first-order valence-electron chi connectivity index (χ1n) is 5.77. The second kappa shape index (κ2) is 7.00. The third-order valence-electron chi connectivity index (χ3n) is 2.47. The van der Waals surface area contributed by atoms with Gasteiger partial charge in [0.25, 0.3) is 10.0 Å². The molecule has 0 bridgehead atoms. The minimum absolute atomic E-state index is 0.380. The van der Waals surface area contributed by atoms with E-state index in [1.54, 1.807) is 6.07 Å². The topological polar surface area (TPSA) is 46.6 Å². The van der Waals surface area contributed by atoms with Gasteiger partial charge in [0.1, 0.15) is 4.21 Å². The highest BCUT2D eigenvalue weighted by molar-refractivity contribution is 9.11. The molecule has 104 valence electrons. The van der Waals surface area contributed by atoms with Crippen molar-refractivity contribution in [2.24, 2.45) is 0 Å². The molecule has 0 fully saturated rings. The van der Waals surface area contributed by atoms with Crippen LogP contribution < -0.4 is 0 Å². The molecule has 0 aliphatic heterocycles. The first-order chi connectivity index (χ1) is 8.43. The summed E-state index contributed by atoms with van der Waals surface area (Å²) in [6.07, 6.45) is 0. The molecular weight excluding hydrogens is 338 g/mol. The molecule has 4 nitrogen and oxygen atoms in total. The van der Waals surface area contributed by atoms with Gasteiger partial charge >= 0.3 is 0 Å². The Kier molecular flexibility index (Phi) is 6.26. The standard InChI is InChI=1S/C11H18BrNO3S2/c1-4-13(6-7-16-5-2)18(14,15)10-8-9(3)11(12)17-10/h8H,4-7H2,1-3H3. The predicted octanol–water partition coefficient (Wildman–Crippen LogP) is 2.87. The summed E-state index contributed by atoms with van der Waals surface area (Å²) < 4.78 is 32.7. The maximum atomic E-state index is 12.4. The van der Waals surface area contributed by atoms with Crippen LogP contribution in [-0.4, -0.2) is 39.0 Å². The number of thiophene rings is 1. The van der Waals surface area contributed by atoms with Gasteiger partial charge in [0.05, 0.1) is 10.4 Å². The highest BCUT2D eigenvalue weighted by atomic mass is 79.9. The van der Waals surface area contributed by atoms with Crippen LogP contribution in [0.3, 0.4) is 0 Å². The lowest BCUT2D eigenvalue weighted by molar-refractivity contribution is 0.135. The average molecular weight is 356 g/mol. The Bertz CT molecular complexity index is 465. The van der Waals surface area contributed by atoms with Gasteiger partial charge in [0, 0.05) is 19.7 Å². The van der Waals surface area contributed by atoms with Gasteiger partial charge in [-0.05, 0) is 41.4 Å². The molecule has 0 radical (unpaired) electrons. The molecule has 1 aromatic rings. The Hall–Kier alpha value is 0.0500. The van der Waals surface area contributed by atoms with Crippen molar-refractivity contribution in [2.75, 3.05) is 26.3 Å². The Morgan fingerprint density at radius 3 is 2.56 bits per heavy atom. The van der Waals surface area contributed by atoms with Gasteiger partial charge in [-0.15, -0.1) is 11.3 Å². The predicted molar refractivity (Wildman–Crippen MR) is 77.7 cm³/mol. The summed E-state index contributed by atoms with van der Waals surface area (Å²) in [6.45, 7) is 7.47. The molecular formula is C11H18BrNO3S2. The van der Waals surface area contributed by atoms with Crippen molar-refractivity contribution in [1.82, 2.24) is 4.31 Å². The van der Waals surface area contributed by atoms with Crippen LogP contribution in [0, 0.1) is 6.92 Å². The molecule has 1 heterocycles. The smallest absolute Gasteiger partial charge is 0.252 e. The van der Waals surface area contributed by atoms with Crippen molar-refractivity contribution in [1.29, 1.82) is 0 Å². The van der Waals surface area contributed by atoms with Gasteiger partial charge in [-0.25, -0.2) is 8.42 Å². The second-order valence-corrected chi connectivity index (χ2v) is 8.25. The Labute approximate surface area is 121 Å². The number of likely N-dealkylation sites (N-methyl/N-ethyl adjacent to an activating group) is 1. The maximum absolute atomic E-state index is 12.4. The van der Waals surface area contributed by atoms with Crippen molar-refractivity contribution in [3.63, 3.8) is 0 Å². The highest BCUT2D eigenvalue weighted by Gasteiger charge is 2.25. The van der Waals surface area contributed by atoms with E-state index in [4.69, 9.17) is 4.74 Å². The molecule has 0 unspecified atom stereocenters. The number of rotatable bonds is 7. The molecule has 1 aromatic heterocycles. The first kappa shape index (κ1) is 16.1. The summed E-state index contributed by atoms with van der Waals surface area (Å²) in [5.74, 6) is 0. The third kappa shape index (κ3) is 3.77. The van der Waals surface area contributed by atoms with E-state index in [-0.39, 0.29) is 0 Å². The summed E-state index contributed by atoms with van der Waals surface area (Å²) in [4.78, 5) is 0. The van der Waals surface area contributed by atoms with Crippen LogP contribution in [0.15, 0.2) is 14.1 Å². The first-order valence-corrected chi connectivity index (χ1v) is 8.82. The largest absolute Gasteiger partial charge is 0.380 e. The number of hydrogen-bond donors (Lipinski definition) is 0. The SMILES string of the molecule is CCOCCN(CC)S(=O)(=O)c1cc(C)c(Br)s1. The lowest BCUT2D eigenvalue weighted by Gasteiger charge is -2.19. The van der Waals surface area contributed by atoms with Crippen molar-refractivity contribution < 1.29 is 13.2 Å². The normalized spacial score (nSPS) is 12.3. The van der Waals surface area contributed by atoms with E-state index in [0.717, 1.165) is 9.35 Å². The van der Waals surface area contributed by atoms with Gasteiger partial charge in [0.15, 0.2) is 0 Å². The van der Waals surface area contributed by atoms with Crippen LogP contribution in [0.1, 0.15) is 19.4 Å². The van der Waals surface area contributed by atoms with Gasteiger partial charge in [-0.2, -0.15) is 4.31 Å². The lowest BCUT2D eigenvalue weighted by Crippen LogP contribution is -2.33. The zero-order valence-corrected chi connectivity index (χ0v) is 14.0. The van der Waals surface area contributed by atoms with Crippen LogP contribution in [0.4, 0.5) is 0 Å². The fourth-order valence-electron chi connectivity index (χ4n) is 1.45. The number of nitrogens with zero attached hydrogens (tertiary/aromatic N) is 1. The van der Waals surface area contributed by atoms with Crippen LogP contribution in [0.5, 0.6) is 0 Å². The summed E-state index contributed by atoms with van der Waals surface area (Å²) in [7, 11) is -3.39. The number of hydrogen-bond acceptors (Lipinski definition) is 4. The van der Waals surface area contributed by atoms with Crippen molar-refractivity contribution >= 4 is 37.3 Å². The van der Waals surface area contributed by atoms with E-state index < -0.39 is 10.0 Å². The Morgan fingerprint density at radius 2 is 2.11 bits per heavy atom. The number of halogens is 1. The van der Waals surface area contributed by atoms with Crippen LogP contribution in [0.2, 0.25) is 0 Å². The molecule has 0 atom stereocenters. The van der Waals surface area contributed by atoms with Gasteiger partial charge in [-0.1, -0.05) is 6.92 Å². The lowest BCUT2D eigenvalue weighted by atomic mass is 10.4. The van der Waals surface area contributed by atoms with Crippen molar-refractivity contribution in [3.05, 3.63) is 15.4 Å². The zero-order chi connectivity index (χ0) is 13.8. The molecule has 0 aromatic carbocycles. The Morgan fingerprint density at radius 1 is 1.44 bits per heavy atom. The van der Waals surface area contributed by atoms with E-state index >= 15 is 0 Å². The molecule has 0 aliphatic rings. The molecule has 0 aliphatic carbocycles. The third-order valence-corrected chi connectivity index (χ3v) is 7.03. The maximum Gasteiger partial charge on any atom is 0.252 e. The summed E-state index contributed by atoms with van der Waals surface area (Å²) >= 11 is 4.60. The van der Waals surface area contributed by atoms with Gasteiger partial charge < -0.3 is 4.74 Å². The molecule has 18 heavy (non-hydrogen) atoms.